The highest BCUT2D eigenvalue weighted by Crippen LogP contribution is 2.29. The first-order valence-electron chi connectivity index (χ1n) is 9.79. The Kier molecular flexibility index (Phi) is 6.13. The maximum atomic E-state index is 13.0. The Bertz CT molecular complexity index is 687. The Morgan fingerprint density at radius 1 is 1.15 bits per heavy atom. The fourth-order valence-corrected chi connectivity index (χ4v) is 4.14. The van der Waals surface area contributed by atoms with Crippen molar-refractivity contribution >= 4 is 17.7 Å². The molecule has 8 heteroatoms. The van der Waals surface area contributed by atoms with E-state index in [1.54, 1.807) is 24.1 Å². The zero-order chi connectivity index (χ0) is 19.4. The summed E-state index contributed by atoms with van der Waals surface area (Å²) < 4.78 is 1.60. The van der Waals surface area contributed by atoms with E-state index < -0.39 is 6.04 Å². The van der Waals surface area contributed by atoms with E-state index in [2.05, 4.69) is 15.7 Å². The van der Waals surface area contributed by atoms with Gasteiger partial charge in [0, 0.05) is 39.3 Å². The van der Waals surface area contributed by atoms with Gasteiger partial charge in [-0.1, -0.05) is 12.8 Å². The Balaban J connectivity index is 1.53. The molecule has 2 fully saturated rings. The van der Waals surface area contributed by atoms with E-state index in [0.29, 0.717) is 18.7 Å². The van der Waals surface area contributed by atoms with Gasteiger partial charge in [-0.2, -0.15) is 5.10 Å². The number of nitrogens with one attached hydrogen (secondary N) is 2. The minimum Gasteiger partial charge on any atom is -0.349 e. The molecule has 1 atom stereocenters. The molecule has 0 aromatic carbocycles. The van der Waals surface area contributed by atoms with Crippen molar-refractivity contribution in [1.29, 1.82) is 0 Å². The van der Waals surface area contributed by atoms with Crippen LogP contribution in [0.3, 0.4) is 0 Å². The largest absolute Gasteiger partial charge is 0.349 e. The third-order valence-corrected chi connectivity index (χ3v) is 5.60. The van der Waals surface area contributed by atoms with Crippen molar-refractivity contribution < 1.29 is 14.4 Å². The second kappa shape index (κ2) is 8.54. The molecule has 0 radical (unpaired) electrons. The van der Waals surface area contributed by atoms with Crippen molar-refractivity contribution in [2.75, 3.05) is 13.1 Å². The molecule has 1 aromatic heterocycles. The fraction of sp³-hybridized carbons (Fsp3) is 0.684. The van der Waals surface area contributed by atoms with Gasteiger partial charge in [-0.05, 0) is 31.6 Å². The number of rotatable bonds is 5. The molecule has 27 heavy (non-hydrogen) atoms. The van der Waals surface area contributed by atoms with E-state index in [1.165, 1.54) is 6.92 Å². The molecule has 2 heterocycles. The number of nitrogens with zero attached hydrogens (tertiary/aromatic N) is 3. The lowest BCUT2D eigenvalue weighted by Crippen LogP contribution is -2.54. The number of carbonyl (C=O) groups excluding carboxylic acids is 3. The fourth-order valence-electron chi connectivity index (χ4n) is 4.14. The molecule has 1 aromatic rings. The van der Waals surface area contributed by atoms with Gasteiger partial charge in [0.2, 0.25) is 11.8 Å². The van der Waals surface area contributed by atoms with Gasteiger partial charge >= 0.3 is 0 Å². The van der Waals surface area contributed by atoms with Crippen LogP contribution in [0.4, 0.5) is 0 Å². The van der Waals surface area contributed by atoms with E-state index in [-0.39, 0.29) is 29.7 Å². The van der Waals surface area contributed by atoms with E-state index in [9.17, 15) is 14.4 Å². The molecule has 3 rings (SSSR count). The van der Waals surface area contributed by atoms with E-state index in [1.807, 2.05) is 4.90 Å². The van der Waals surface area contributed by atoms with Gasteiger partial charge in [-0.15, -0.1) is 0 Å². The number of hydrogen-bond donors (Lipinski definition) is 2. The Morgan fingerprint density at radius 3 is 2.37 bits per heavy atom. The van der Waals surface area contributed by atoms with Crippen LogP contribution in [-0.4, -0.2) is 57.6 Å². The van der Waals surface area contributed by atoms with Gasteiger partial charge in [0.25, 0.3) is 5.91 Å². The number of carbonyl (C=O) groups is 3. The van der Waals surface area contributed by atoms with Crippen molar-refractivity contribution in [3.63, 3.8) is 0 Å². The molecular weight excluding hydrogens is 346 g/mol. The van der Waals surface area contributed by atoms with E-state index in [4.69, 9.17) is 0 Å². The van der Waals surface area contributed by atoms with Crippen LogP contribution in [0.25, 0.3) is 0 Å². The first kappa shape index (κ1) is 19.4. The van der Waals surface area contributed by atoms with Crippen LogP contribution < -0.4 is 10.6 Å². The van der Waals surface area contributed by atoms with Crippen LogP contribution in [-0.2, 0) is 16.6 Å². The zero-order valence-electron chi connectivity index (χ0n) is 16.1. The SMILES string of the molecule is CC(=O)NC(C(=O)N1CCC(NC(=O)c2cnn(C)c2)CC1)C1CCCC1. The summed E-state index contributed by atoms with van der Waals surface area (Å²) in [5, 5.41) is 9.92. The quantitative estimate of drug-likeness (QED) is 0.797. The van der Waals surface area contributed by atoms with Gasteiger partial charge in [0.1, 0.15) is 6.04 Å². The lowest BCUT2D eigenvalue weighted by atomic mass is 9.95. The lowest BCUT2D eigenvalue weighted by Gasteiger charge is -2.36. The number of amides is 3. The summed E-state index contributed by atoms with van der Waals surface area (Å²) in [7, 11) is 1.77. The highest BCUT2D eigenvalue weighted by Gasteiger charge is 2.35. The van der Waals surface area contributed by atoms with Gasteiger partial charge < -0.3 is 15.5 Å². The van der Waals surface area contributed by atoms with Crippen molar-refractivity contribution in [2.24, 2.45) is 13.0 Å². The number of aromatic nitrogens is 2. The number of hydrogen-bond acceptors (Lipinski definition) is 4. The summed E-state index contributed by atoms with van der Waals surface area (Å²) in [5.74, 6) is -0.0210. The molecule has 3 amide bonds. The molecule has 8 nitrogen and oxygen atoms in total. The number of aryl methyl sites for hydroxylation is 1. The van der Waals surface area contributed by atoms with Gasteiger partial charge in [-0.3, -0.25) is 19.1 Å². The van der Waals surface area contributed by atoms with Gasteiger partial charge in [-0.25, -0.2) is 0 Å². The van der Waals surface area contributed by atoms with Gasteiger partial charge in [0.05, 0.1) is 11.8 Å². The van der Waals surface area contributed by atoms with Crippen LogP contribution in [0.2, 0.25) is 0 Å². The van der Waals surface area contributed by atoms with Crippen molar-refractivity contribution in [3.05, 3.63) is 18.0 Å². The average molecular weight is 375 g/mol. The Morgan fingerprint density at radius 2 is 1.81 bits per heavy atom. The molecule has 1 unspecified atom stereocenters. The summed E-state index contributed by atoms with van der Waals surface area (Å²) in [6, 6.07) is -0.362. The predicted molar refractivity (Wildman–Crippen MR) is 99.8 cm³/mol. The Labute approximate surface area is 159 Å². The summed E-state index contributed by atoms with van der Waals surface area (Å²) in [6.45, 7) is 2.66. The highest BCUT2D eigenvalue weighted by atomic mass is 16.2. The minimum absolute atomic E-state index is 0.0223. The zero-order valence-corrected chi connectivity index (χ0v) is 16.1. The first-order valence-corrected chi connectivity index (χ1v) is 9.79. The summed E-state index contributed by atoms with van der Waals surface area (Å²) >= 11 is 0. The molecule has 0 spiro atoms. The monoisotopic (exact) mass is 375 g/mol. The first-order chi connectivity index (χ1) is 12.9. The second-order valence-electron chi connectivity index (χ2n) is 7.70. The lowest BCUT2D eigenvalue weighted by molar-refractivity contribution is -0.138. The molecule has 2 aliphatic rings. The van der Waals surface area contributed by atoms with Crippen molar-refractivity contribution in [3.8, 4) is 0 Å². The molecule has 2 N–H and O–H groups in total. The third-order valence-electron chi connectivity index (χ3n) is 5.60. The normalized spacial score (nSPS) is 19.7. The maximum absolute atomic E-state index is 13.0. The van der Waals surface area contributed by atoms with Crippen LogP contribution >= 0.6 is 0 Å². The van der Waals surface area contributed by atoms with Crippen LogP contribution in [0.5, 0.6) is 0 Å². The van der Waals surface area contributed by atoms with E-state index >= 15 is 0 Å². The maximum Gasteiger partial charge on any atom is 0.254 e. The smallest absolute Gasteiger partial charge is 0.254 e. The van der Waals surface area contributed by atoms with Crippen molar-refractivity contribution in [2.45, 2.75) is 57.5 Å². The standard InChI is InChI=1S/C19H29N5O3/c1-13(25)21-17(14-5-3-4-6-14)19(27)24-9-7-16(8-10-24)22-18(26)15-11-20-23(2)12-15/h11-12,14,16-17H,3-10H2,1-2H3,(H,21,25)(H,22,26). The average Bonchev–Trinajstić information content (AvgIpc) is 3.31. The highest BCUT2D eigenvalue weighted by molar-refractivity contribution is 5.94. The molecule has 1 aliphatic heterocycles. The minimum atomic E-state index is -0.411. The molecule has 1 saturated heterocycles. The molecule has 1 aliphatic carbocycles. The van der Waals surface area contributed by atoms with Crippen LogP contribution in [0, 0.1) is 5.92 Å². The van der Waals surface area contributed by atoms with E-state index in [0.717, 1.165) is 38.5 Å². The topological polar surface area (TPSA) is 96.3 Å². The second-order valence-corrected chi connectivity index (χ2v) is 7.70. The van der Waals surface area contributed by atoms with Gasteiger partial charge in [0.15, 0.2) is 0 Å². The predicted octanol–water partition coefficient (Wildman–Crippen LogP) is 0.836. The molecule has 1 saturated carbocycles. The number of piperidine rings is 1. The summed E-state index contributed by atoms with van der Waals surface area (Å²) in [6.07, 6.45) is 8.90. The van der Waals surface area contributed by atoms with Crippen LogP contribution in [0.1, 0.15) is 55.8 Å². The summed E-state index contributed by atoms with van der Waals surface area (Å²) in [5.41, 5.74) is 0.544. The molecule has 148 valence electrons. The molecular formula is C19H29N5O3. The third kappa shape index (κ3) is 4.87. The van der Waals surface area contributed by atoms with Crippen molar-refractivity contribution in [1.82, 2.24) is 25.3 Å². The summed E-state index contributed by atoms with van der Waals surface area (Å²) in [4.78, 5) is 38.7. The Hall–Kier alpha value is -2.38. The molecule has 0 bridgehead atoms. The van der Waals surface area contributed by atoms with Crippen LogP contribution in [0.15, 0.2) is 12.4 Å². The number of likely N-dealkylation sites (tertiary alicyclic amines) is 1.